The highest BCUT2D eigenvalue weighted by Gasteiger charge is 2.23. The Morgan fingerprint density at radius 2 is 1.69 bits per heavy atom. The molecular formula is C31H33Cl2NO4S. The summed E-state index contributed by atoms with van der Waals surface area (Å²) < 4.78 is 31.5. The summed E-state index contributed by atoms with van der Waals surface area (Å²) in [4.78, 5) is 12.6. The third-order valence-electron chi connectivity index (χ3n) is 6.86. The van der Waals surface area contributed by atoms with E-state index in [0.717, 1.165) is 83.9 Å². The van der Waals surface area contributed by atoms with Crippen molar-refractivity contribution in [2.24, 2.45) is 0 Å². The minimum Gasteiger partial charge on any atom is -0.490 e. The van der Waals surface area contributed by atoms with Crippen molar-refractivity contribution in [3.05, 3.63) is 98.5 Å². The molecule has 0 saturated carbocycles. The normalized spacial score (nSPS) is 14.4. The summed E-state index contributed by atoms with van der Waals surface area (Å²) in [6, 6.07) is 19.0. The molecule has 3 aromatic carbocycles. The highest BCUT2D eigenvalue weighted by molar-refractivity contribution is 7.89. The fourth-order valence-electron chi connectivity index (χ4n) is 5.05. The second kappa shape index (κ2) is 12.6. The van der Waals surface area contributed by atoms with E-state index in [4.69, 9.17) is 27.9 Å². The van der Waals surface area contributed by atoms with Gasteiger partial charge in [-0.25, -0.2) is 13.1 Å². The molecular weight excluding hydrogens is 553 g/mol. The molecule has 1 amide bonds. The van der Waals surface area contributed by atoms with Crippen LogP contribution in [0, 0.1) is 0 Å². The number of allylic oxidation sites excluding steroid dienone is 1. The fraction of sp³-hybridized carbons (Fsp3) is 0.323. The van der Waals surface area contributed by atoms with Crippen LogP contribution in [0.15, 0.2) is 60.7 Å². The lowest BCUT2D eigenvalue weighted by atomic mass is 9.87. The van der Waals surface area contributed by atoms with E-state index in [1.165, 1.54) is 0 Å². The lowest BCUT2D eigenvalue weighted by Gasteiger charge is -2.20. The van der Waals surface area contributed by atoms with Crippen molar-refractivity contribution in [2.45, 2.75) is 58.5 Å². The number of carbonyl (C=O) groups excluding carboxylic acids is 1. The van der Waals surface area contributed by atoms with Crippen LogP contribution in [0.5, 0.6) is 5.75 Å². The molecule has 1 unspecified atom stereocenters. The largest absolute Gasteiger partial charge is 0.490 e. The first-order chi connectivity index (χ1) is 18.6. The number of rotatable bonds is 9. The monoisotopic (exact) mass is 585 g/mol. The van der Waals surface area contributed by atoms with Gasteiger partial charge in [0.15, 0.2) is 0 Å². The summed E-state index contributed by atoms with van der Waals surface area (Å²) in [6.07, 6.45) is 6.49. The summed E-state index contributed by atoms with van der Waals surface area (Å²) in [5.41, 5.74) is 6.29. The van der Waals surface area contributed by atoms with Gasteiger partial charge in [0.2, 0.25) is 10.0 Å². The number of fused-ring (bicyclic) bond motifs is 1. The number of benzene rings is 3. The van der Waals surface area contributed by atoms with Crippen LogP contribution in [0.1, 0.15) is 78.6 Å². The van der Waals surface area contributed by atoms with Gasteiger partial charge in [-0.3, -0.25) is 4.79 Å². The third kappa shape index (κ3) is 7.24. The van der Waals surface area contributed by atoms with Gasteiger partial charge >= 0.3 is 0 Å². The van der Waals surface area contributed by atoms with Crippen LogP contribution in [0.2, 0.25) is 10.0 Å². The van der Waals surface area contributed by atoms with Crippen molar-refractivity contribution in [3.63, 3.8) is 0 Å². The number of nitrogens with one attached hydrogen (secondary N) is 1. The Labute approximate surface area is 241 Å². The minimum absolute atomic E-state index is 0.179. The number of hydrogen-bond acceptors (Lipinski definition) is 4. The molecule has 1 N–H and O–H groups in total. The molecule has 8 heteroatoms. The van der Waals surface area contributed by atoms with Gasteiger partial charge in [0, 0.05) is 15.6 Å². The zero-order valence-corrected chi connectivity index (χ0v) is 24.7. The van der Waals surface area contributed by atoms with Crippen LogP contribution in [0.4, 0.5) is 0 Å². The van der Waals surface area contributed by atoms with E-state index in [2.05, 4.69) is 30.7 Å². The molecule has 0 fully saturated rings. The predicted octanol–water partition coefficient (Wildman–Crippen LogP) is 7.94. The average molecular weight is 587 g/mol. The van der Waals surface area contributed by atoms with Gasteiger partial charge in [-0.2, -0.15) is 0 Å². The lowest BCUT2D eigenvalue weighted by Crippen LogP contribution is -2.29. The van der Waals surface area contributed by atoms with Crippen molar-refractivity contribution >= 4 is 50.3 Å². The predicted molar refractivity (Wildman–Crippen MR) is 160 cm³/mol. The van der Waals surface area contributed by atoms with Crippen LogP contribution in [0.3, 0.4) is 0 Å². The van der Waals surface area contributed by atoms with Gasteiger partial charge in [0.05, 0.1) is 12.4 Å². The molecule has 0 heterocycles. The zero-order valence-electron chi connectivity index (χ0n) is 22.4. The van der Waals surface area contributed by atoms with Crippen LogP contribution in [-0.4, -0.2) is 26.7 Å². The second-order valence-electron chi connectivity index (χ2n) is 9.87. The van der Waals surface area contributed by atoms with Crippen molar-refractivity contribution in [3.8, 4) is 5.75 Å². The molecule has 1 aliphatic rings. The molecule has 0 spiro atoms. The van der Waals surface area contributed by atoms with Crippen molar-refractivity contribution in [1.82, 2.24) is 4.72 Å². The molecule has 0 radical (unpaired) electrons. The number of halogens is 2. The van der Waals surface area contributed by atoms with E-state index in [0.29, 0.717) is 15.6 Å². The Morgan fingerprint density at radius 3 is 2.33 bits per heavy atom. The molecule has 206 valence electrons. The molecule has 4 rings (SSSR count). The summed E-state index contributed by atoms with van der Waals surface area (Å²) in [5.74, 6) is 0.183. The smallest absolute Gasteiger partial charge is 0.264 e. The molecule has 39 heavy (non-hydrogen) atoms. The van der Waals surface area contributed by atoms with Crippen LogP contribution < -0.4 is 9.46 Å². The Balaban J connectivity index is 1.84. The van der Waals surface area contributed by atoms with Gasteiger partial charge in [-0.15, -0.1) is 0 Å². The van der Waals surface area contributed by atoms with E-state index in [1.54, 1.807) is 18.2 Å². The standard InChI is InChI=1S/C31H33Cl2NO4S/c1-4-7-24(5-2)38-25-14-10-20(11-15-25)30-26-16-12-22(31(35)34-39(3,36)37)18-21(26)8-6-9-28(30)27-17-13-23(32)19-29(27)33/h10-19,24H,4-9H2,1-3H3,(H,34,35). The summed E-state index contributed by atoms with van der Waals surface area (Å²) in [6.45, 7) is 4.29. The first-order valence-corrected chi connectivity index (χ1v) is 15.9. The molecule has 0 aliphatic heterocycles. The highest BCUT2D eigenvalue weighted by Crippen LogP contribution is 2.42. The van der Waals surface area contributed by atoms with Crippen molar-refractivity contribution in [2.75, 3.05) is 6.26 Å². The molecule has 0 bridgehead atoms. The SMILES string of the molecule is CCCC(CC)Oc1ccc(C2=C(c3ccc(Cl)cc3Cl)CCCc3cc(C(=O)NS(C)(=O)=O)ccc32)cc1. The van der Waals surface area contributed by atoms with Crippen LogP contribution >= 0.6 is 23.2 Å². The number of sulfonamides is 1. The number of carbonyl (C=O) groups is 1. The Kier molecular flexibility index (Phi) is 9.42. The van der Waals surface area contributed by atoms with Gasteiger partial charge in [0.25, 0.3) is 5.91 Å². The maximum atomic E-state index is 12.6. The van der Waals surface area contributed by atoms with E-state index in [9.17, 15) is 13.2 Å². The van der Waals surface area contributed by atoms with Gasteiger partial charge in [-0.1, -0.05) is 67.7 Å². The maximum absolute atomic E-state index is 12.6. The Hall–Kier alpha value is -2.80. The van der Waals surface area contributed by atoms with Crippen LogP contribution in [0.25, 0.3) is 11.1 Å². The summed E-state index contributed by atoms with van der Waals surface area (Å²) in [7, 11) is -3.67. The zero-order chi connectivity index (χ0) is 28.2. The minimum atomic E-state index is -3.67. The first-order valence-electron chi connectivity index (χ1n) is 13.2. The average Bonchev–Trinajstić information content (AvgIpc) is 3.07. The van der Waals surface area contributed by atoms with E-state index >= 15 is 0 Å². The fourth-order valence-corrected chi connectivity index (χ4v) is 6.03. The van der Waals surface area contributed by atoms with Gasteiger partial charge < -0.3 is 4.74 Å². The highest BCUT2D eigenvalue weighted by atomic mass is 35.5. The molecule has 0 aromatic heterocycles. The van der Waals surface area contributed by atoms with Crippen molar-refractivity contribution in [1.29, 1.82) is 0 Å². The molecule has 5 nitrogen and oxygen atoms in total. The van der Waals surface area contributed by atoms with Crippen molar-refractivity contribution < 1.29 is 17.9 Å². The number of ether oxygens (including phenoxy) is 1. The maximum Gasteiger partial charge on any atom is 0.264 e. The summed E-state index contributed by atoms with van der Waals surface area (Å²) in [5, 5.41) is 1.15. The molecule has 1 atom stereocenters. The summed E-state index contributed by atoms with van der Waals surface area (Å²) >= 11 is 12.9. The third-order valence-corrected chi connectivity index (χ3v) is 7.96. The van der Waals surface area contributed by atoms with Gasteiger partial charge in [-0.05, 0) is 102 Å². The second-order valence-corrected chi connectivity index (χ2v) is 12.5. The molecule has 1 aliphatic carbocycles. The topological polar surface area (TPSA) is 72.5 Å². The van der Waals surface area contributed by atoms with E-state index in [1.807, 2.05) is 30.3 Å². The molecule has 3 aromatic rings. The number of hydrogen-bond donors (Lipinski definition) is 1. The van der Waals surface area contributed by atoms with E-state index in [-0.39, 0.29) is 6.10 Å². The van der Waals surface area contributed by atoms with E-state index < -0.39 is 15.9 Å². The Morgan fingerprint density at radius 1 is 0.974 bits per heavy atom. The quantitative estimate of drug-likeness (QED) is 0.276. The lowest BCUT2D eigenvalue weighted by molar-refractivity contribution is 0.0981. The number of amides is 1. The van der Waals surface area contributed by atoms with Crippen LogP contribution in [-0.2, 0) is 16.4 Å². The Bertz CT molecular complexity index is 1500. The van der Waals surface area contributed by atoms with Gasteiger partial charge in [0.1, 0.15) is 5.75 Å². The first kappa shape index (κ1) is 29.2. The number of aryl methyl sites for hydroxylation is 1. The molecule has 0 saturated heterocycles.